The number of aliphatic hydroxyl groups excluding tert-OH is 1. The highest BCUT2D eigenvalue weighted by atomic mass is 32.1. The van der Waals surface area contributed by atoms with Crippen molar-refractivity contribution in [2.45, 2.75) is 0 Å². The summed E-state index contributed by atoms with van der Waals surface area (Å²) in [6, 6.07) is 0. The molecule has 0 aliphatic carbocycles. The van der Waals surface area contributed by atoms with Crippen molar-refractivity contribution in [1.29, 1.82) is 0 Å². The minimum absolute atomic E-state index is 0.0885. The number of aliphatic hydroxyl groups is 1. The number of hydrogen-bond acceptors (Lipinski definition) is 5. The molecule has 2 rings (SSSR count). The Hall–Kier alpha value is -1.46. The summed E-state index contributed by atoms with van der Waals surface area (Å²) in [4.78, 5) is 8.34. The van der Waals surface area contributed by atoms with Crippen molar-refractivity contribution in [1.82, 2.24) is 9.97 Å². The first kappa shape index (κ1) is 10.1. The summed E-state index contributed by atoms with van der Waals surface area (Å²) in [6.45, 7) is 4.31. The maximum Gasteiger partial charge on any atom is 0.147 e. The quantitative estimate of drug-likeness (QED) is 0.825. The number of aromatic nitrogens is 2. The van der Waals surface area contributed by atoms with Gasteiger partial charge in [-0.15, -0.1) is 11.3 Å². The highest BCUT2D eigenvalue weighted by molar-refractivity contribution is 7.18. The number of hydrogen-bond donors (Lipinski definition) is 2. The first-order valence-corrected chi connectivity index (χ1v) is 5.44. The van der Waals surface area contributed by atoms with E-state index in [1.54, 1.807) is 17.4 Å². The van der Waals surface area contributed by atoms with Crippen LogP contribution in [-0.4, -0.2) is 28.2 Å². The van der Waals surface area contributed by atoms with E-state index in [9.17, 15) is 0 Å². The average molecular weight is 221 g/mol. The van der Waals surface area contributed by atoms with Crippen LogP contribution < -0.4 is 5.32 Å². The molecule has 2 aromatic heterocycles. The highest BCUT2D eigenvalue weighted by Gasteiger charge is 2.07. The third-order valence-electron chi connectivity index (χ3n) is 2.01. The molecule has 0 saturated heterocycles. The van der Waals surface area contributed by atoms with Gasteiger partial charge >= 0.3 is 0 Å². The van der Waals surface area contributed by atoms with E-state index in [-0.39, 0.29) is 6.61 Å². The van der Waals surface area contributed by atoms with E-state index in [0.717, 1.165) is 21.6 Å². The summed E-state index contributed by atoms with van der Waals surface area (Å²) >= 11 is 1.58. The summed E-state index contributed by atoms with van der Waals surface area (Å²) in [6.07, 6.45) is 3.30. The van der Waals surface area contributed by atoms with Crippen molar-refractivity contribution in [3.05, 3.63) is 23.8 Å². The zero-order valence-corrected chi connectivity index (χ0v) is 8.92. The summed E-state index contributed by atoms with van der Waals surface area (Å²) in [7, 11) is 0. The fraction of sp³-hybridized carbons (Fsp3) is 0.200. The molecule has 5 heteroatoms. The van der Waals surface area contributed by atoms with Gasteiger partial charge in [-0.25, -0.2) is 9.97 Å². The monoisotopic (exact) mass is 221 g/mol. The van der Waals surface area contributed by atoms with E-state index in [0.29, 0.717) is 6.54 Å². The first-order valence-electron chi connectivity index (χ1n) is 4.56. The molecule has 2 N–H and O–H groups in total. The molecule has 0 bridgehead atoms. The Morgan fingerprint density at radius 3 is 3.13 bits per heavy atom. The zero-order valence-electron chi connectivity index (χ0n) is 8.10. The topological polar surface area (TPSA) is 58.0 Å². The Morgan fingerprint density at radius 2 is 2.40 bits per heavy atom. The van der Waals surface area contributed by atoms with Gasteiger partial charge in [-0.05, 0) is 0 Å². The molecule has 0 fully saturated rings. The van der Waals surface area contributed by atoms with Crippen molar-refractivity contribution in [2.24, 2.45) is 0 Å². The van der Waals surface area contributed by atoms with Crippen molar-refractivity contribution < 1.29 is 5.11 Å². The fourth-order valence-corrected chi connectivity index (χ4v) is 2.29. The summed E-state index contributed by atoms with van der Waals surface area (Å²) in [5, 5.41) is 13.8. The normalized spacial score (nSPS) is 10.5. The number of fused-ring (bicyclic) bond motifs is 1. The highest BCUT2D eigenvalue weighted by Crippen LogP contribution is 2.29. The molecule has 2 aromatic rings. The Labute approximate surface area is 91.3 Å². The van der Waals surface area contributed by atoms with E-state index in [4.69, 9.17) is 5.11 Å². The van der Waals surface area contributed by atoms with Crippen LogP contribution in [0, 0.1) is 0 Å². The largest absolute Gasteiger partial charge is 0.395 e. The van der Waals surface area contributed by atoms with Crippen LogP contribution in [0.2, 0.25) is 0 Å². The molecule has 78 valence electrons. The summed E-state index contributed by atoms with van der Waals surface area (Å²) in [5.41, 5.74) is 1.93. The molecule has 0 amide bonds. The SMILES string of the molecule is C=Cc1csc2c(NCCO)ncnc12. The number of rotatable bonds is 4. The second kappa shape index (κ2) is 4.37. The summed E-state index contributed by atoms with van der Waals surface area (Å²) in [5.74, 6) is 0.771. The van der Waals surface area contributed by atoms with E-state index < -0.39 is 0 Å². The second-order valence-corrected chi connectivity index (χ2v) is 3.83. The number of thiophene rings is 1. The lowest BCUT2D eigenvalue weighted by molar-refractivity contribution is 0.311. The first-order chi connectivity index (χ1) is 7.36. The molecular weight excluding hydrogens is 210 g/mol. The van der Waals surface area contributed by atoms with Gasteiger partial charge in [0.25, 0.3) is 0 Å². The van der Waals surface area contributed by atoms with Gasteiger partial charge in [0, 0.05) is 17.5 Å². The van der Waals surface area contributed by atoms with E-state index in [1.165, 1.54) is 6.33 Å². The third-order valence-corrected chi connectivity index (χ3v) is 3.00. The van der Waals surface area contributed by atoms with Gasteiger partial charge in [-0.1, -0.05) is 12.7 Å². The van der Waals surface area contributed by atoms with Crippen LogP contribution in [0.15, 0.2) is 18.3 Å². The van der Waals surface area contributed by atoms with Crippen LogP contribution in [0.4, 0.5) is 5.82 Å². The van der Waals surface area contributed by atoms with Gasteiger partial charge in [-0.3, -0.25) is 0 Å². The van der Waals surface area contributed by atoms with Crippen LogP contribution in [0.3, 0.4) is 0 Å². The van der Waals surface area contributed by atoms with E-state index in [1.807, 2.05) is 5.38 Å². The van der Waals surface area contributed by atoms with Crippen molar-refractivity contribution in [3.63, 3.8) is 0 Å². The van der Waals surface area contributed by atoms with Crippen LogP contribution in [-0.2, 0) is 0 Å². The van der Waals surface area contributed by atoms with Gasteiger partial charge in [0.2, 0.25) is 0 Å². The van der Waals surface area contributed by atoms with Crippen LogP contribution in [0.5, 0.6) is 0 Å². The molecular formula is C10H11N3OS. The predicted molar refractivity (Wildman–Crippen MR) is 63.1 cm³/mol. The molecule has 0 atom stereocenters. The maximum absolute atomic E-state index is 8.73. The van der Waals surface area contributed by atoms with Crippen LogP contribution >= 0.6 is 11.3 Å². The van der Waals surface area contributed by atoms with E-state index in [2.05, 4.69) is 21.9 Å². The number of anilines is 1. The minimum atomic E-state index is 0.0885. The fourth-order valence-electron chi connectivity index (χ4n) is 1.31. The van der Waals surface area contributed by atoms with Crippen LogP contribution in [0.1, 0.15) is 5.56 Å². The molecule has 0 radical (unpaired) electrons. The average Bonchev–Trinajstić information content (AvgIpc) is 2.69. The molecule has 0 aromatic carbocycles. The van der Waals surface area contributed by atoms with Gasteiger partial charge in [0.15, 0.2) is 0 Å². The lowest BCUT2D eigenvalue weighted by atomic mass is 10.3. The van der Waals surface area contributed by atoms with Crippen molar-refractivity contribution in [2.75, 3.05) is 18.5 Å². The van der Waals surface area contributed by atoms with Gasteiger partial charge in [-0.2, -0.15) is 0 Å². The van der Waals surface area contributed by atoms with Gasteiger partial charge < -0.3 is 10.4 Å². The minimum Gasteiger partial charge on any atom is -0.395 e. The molecule has 0 unspecified atom stereocenters. The Balaban J connectivity index is 2.47. The second-order valence-electron chi connectivity index (χ2n) is 2.95. The summed E-state index contributed by atoms with van der Waals surface area (Å²) < 4.78 is 1.00. The molecule has 0 aliphatic heterocycles. The van der Waals surface area contributed by atoms with Crippen molar-refractivity contribution in [3.8, 4) is 0 Å². The van der Waals surface area contributed by atoms with E-state index >= 15 is 0 Å². The van der Waals surface area contributed by atoms with Gasteiger partial charge in [0.05, 0.1) is 16.8 Å². The lowest BCUT2D eigenvalue weighted by Crippen LogP contribution is -2.06. The number of nitrogens with one attached hydrogen (secondary N) is 1. The zero-order chi connectivity index (χ0) is 10.7. The Bertz CT molecular complexity index is 480. The molecule has 4 nitrogen and oxygen atoms in total. The molecule has 0 saturated carbocycles. The molecule has 2 heterocycles. The number of nitrogens with zero attached hydrogens (tertiary/aromatic N) is 2. The maximum atomic E-state index is 8.73. The standard InChI is InChI=1S/C10H11N3OS/c1-2-7-5-15-9-8(7)12-6-13-10(9)11-3-4-14/h2,5-6,14H,1,3-4H2,(H,11,12,13). The van der Waals surface area contributed by atoms with Crippen LogP contribution in [0.25, 0.3) is 16.3 Å². The lowest BCUT2D eigenvalue weighted by Gasteiger charge is -2.03. The van der Waals surface area contributed by atoms with Crippen molar-refractivity contribution >= 4 is 33.4 Å². The molecule has 15 heavy (non-hydrogen) atoms. The molecule has 0 spiro atoms. The smallest absolute Gasteiger partial charge is 0.147 e. The Kier molecular flexibility index (Phi) is 2.94. The third kappa shape index (κ3) is 1.84. The Morgan fingerprint density at radius 1 is 1.53 bits per heavy atom. The van der Waals surface area contributed by atoms with Gasteiger partial charge in [0.1, 0.15) is 12.1 Å². The predicted octanol–water partition coefficient (Wildman–Crippen LogP) is 1.74. The molecule has 0 aliphatic rings.